The first-order valence-electron chi connectivity index (χ1n) is 6.94. The van der Waals surface area contributed by atoms with Crippen molar-refractivity contribution in [3.05, 3.63) is 29.6 Å². The van der Waals surface area contributed by atoms with Crippen molar-refractivity contribution in [2.45, 2.75) is 32.6 Å². The van der Waals surface area contributed by atoms with Gasteiger partial charge in [0.05, 0.1) is 6.54 Å². The van der Waals surface area contributed by atoms with Gasteiger partial charge in [0.15, 0.2) is 0 Å². The van der Waals surface area contributed by atoms with Crippen molar-refractivity contribution in [1.82, 2.24) is 4.90 Å². The molecule has 1 fully saturated rings. The van der Waals surface area contributed by atoms with Crippen LogP contribution in [0.25, 0.3) is 0 Å². The van der Waals surface area contributed by atoms with E-state index < -0.39 is 0 Å². The molecule has 1 aliphatic heterocycles. The van der Waals surface area contributed by atoms with E-state index in [1.165, 1.54) is 25.0 Å². The third-order valence-corrected chi connectivity index (χ3v) is 3.58. The maximum Gasteiger partial charge on any atom is 0.241 e. The number of likely N-dealkylation sites (tertiary alicyclic amines) is 1. The van der Waals surface area contributed by atoms with Crippen LogP contribution < -0.4 is 5.32 Å². The zero-order valence-corrected chi connectivity index (χ0v) is 11.4. The van der Waals surface area contributed by atoms with Gasteiger partial charge in [0.2, 0.25) is 5.91 Å². The number of hydrogen-bond donors (Lipinski definition) is 1. The molecule has 0 aromatic heterocycles. The van der Waals surface area contributed by atoms with E-state index in [9.17, 15) is 9.18 Å². The first-order chi connectivity index (χ1) is 9.16. The van der Waals surface area contributed by atoms with E-state index in [2.05, 4.69) is 5.32 Å². The van der Waals surface area contributed by atoms with E-state index in [-0.39, 0.29) is 18.3 Å². The van der Waals surface area contributed by atoms with Crippen LogP contribution >= 0.6 is 0 Å². The summed E-state index contributed by atoms with van der Waals surface area (Å²) in [6.45, 7) is 3.85. The number of carbonyl (C=O) groups is 1. The fourth-order valence-electron chi connectivity index (χ4n) is 2.43. The van der Waals surface area contributed by atoms with Gasteiger partial charge >= 0.3 is 0 Å². The molecular weight excluding hydrogens is 243 g/mol. The summed E-state index contributed by atoms with van der Waals surface area (Å²) in [4.78, 5) is 14.0. The summed E-state index contributed by atoms with van der Waals surface area (Å²) in [5.74, 6) is -0.118. The summed E-state index contributed by atoms with van der Waals surface area (Å²) in [5.41, 5.74) is 1.65. The molecule has 4 heteroatoms. The van der Waals surface area contributed by atoms with Gasteiger partial charge in [0.1, 0.15) is 5.82 Å². The van der Waals surface area contributed by atoms with Gasteiger partial charge in [-0.2, -0.15) is 0 Å². The highest BCUT2D eigenvalue weighted by Crippen LogP contribution is 2.16. The van der Waals surface area contributed by atoms with Gasteiger partial charge in [-0.15, -0.1) is 0 Å². The minimum Gasteiger partial charge on any atom is -0.376 e. The van der Waals surface area contributed by atoms with Gasteiger partial charge in [-0.3, -0.25) is 4.79 Å². The Morgan fingerprint density at radius 3 is 2.58 bits per heavy atom. The molecule has 1 aliphatic rings. The molecular formula is C15H21FN2O. The van der Waals surface area contributed by atoms with E-state index in [1.807, 2.05) is 11.8 Å². The third kappa shape index (κ3) is 3.94. The number of hydrogen-bond acceptors (Lipinski definition) is 2. The Labute approximate surface area is 113 Å². The molecule has 1 aromatic rings. The smallest absolute Gasteiger partial charge is 0.241 e. The van der Waals surface area contributed by atoms with Crippen molar-refractivity contribution < 1.29 is 9.18 Å². The van der Waals surface area contributed by atoms with E-state index in [0.29, 0.717) is 0 Å². The zero-order valence-electron chi connectivity index (χ0n) is 11.4. The highest BCUT2D eigenvalue weighted by molar-refractivity contribution is 5.81. The number of carbonyl (C=O) groups excluding carboxylic acids is 1. The Morgan fingerprint density at radius 1 is 1.26 bits per heavy atom. The number of aryl methyl sites for hydroxylation is 1. The predicted octanol–water partition coefficient (Wildman–Crippen LogP) is 2.95. The van der Waals surface area contributed by atoms with Gasteiger partial charge in [0.25, 0.3) is 0 Å². The molecule has 1 saturated heterocycles. The minimum atomic E-state index is -0.248. The summed E-state index contributed by atoms with van der Waals surface area (Å²) in [6, 6.07) is 4.56. The SMILES string of the molecule is Cc1cc(F)ccc1NCC(=O)N1CCCCCC1. The quantitative estimate of drug-likeness (QED) is 0.910. The second kappa shape index (κ2) is 6.55. The summed E-state index contributed by atoms with van der Waals surface area (Å²) >= 11 is 0. The topological polar surface area (TPSA) is 32.3 Å². The molecule has 1 heterocycles. The van der Waals surface area contributed by atoms with Crippen molar-refractivity contribution in [2.75, 3.05) is 25.0 Å². The van der Waals surface area contributed by atoms with E-state index >= 15 is 0 Å². The first-order valence-corrected chi connectivity index (χ1v) is 6.94. The molecule has 0 unspecified atom stereocenters. The van der Waals surface area contributed by atoms with Crippen LogP contribution in [0.4, 0.5) is 10.1 Å². The van der Waals surface area contributed by atoms with Crippen molar-refractivity contribution in [1.29, 1.82) is 0 Å². The Hall–Kier alpha value is -1.58. The number of rotatable bonds is 3. The van der Waals surface area contributed by atoms with Crippen molar-refractivity contribution in [3.63, 3.8) is 0 Å². The predicted molar refractivity (Wildman–Crippen MR) is 74.7 cm³/mol. The number of nitrogens with zero attached hydrogens (tertiary/aromatic N) is 1. The number of anilines is 1. The average molecular weight is 264 g/mol. The van der Waals surface area contributed by atoms with E-state index in [0.717, 1.165) is 37.2 Å². The van der Waals surface area contributed by atoms with Crippen LogP contribution in [0, 0.1) is 12.7 Å². The number of amides is 1. The molecule has 0 aliphatic carbocycles. The largest absolute Gasteiger partial charge is 0.376 e. The van der Waals surface area contributed by atoms with Crippen LogP contribution in [0.15, 0.2) is 18.2 Å². The van der Waals surface area contributed by atoms with Gasteiger partial charge in [-0.05, 0) is 43.5 Å². The van der Waals surface area contributed by atoms with Crippen LogP contribution in [-0.4, -0.2) is 30.4 Å². The third-order valence-electron chi connectivity index (χ3n) is 3.58. The lowest BCUT2D eigenvalue weighted by molar-refractivity contribution is -0.129. The van der Waals surface area contributed by atoms with Crippen LogP contribution in [0.5, 0.6) is 0 Å². The van der Waals surface area contributed by atoms with Crippen LogP contribution in [0.1, 0.15) is 31.2 Å². The summed E-state index contributed by atoms with van der Waals surface area (Å²) in [6.07, 6.45) is 4.63. The molecule has 1 amide bonds. The fourth-order valence-corrected chi connectivity index (χ4v) is 2.43. The molecule has 3 nitrogen and oxygen atoms in total. The Bertz CT molecular complexity index is 440. The van der Waals surface area contributed by atoms with Crippen LogP contribution in [0.2, 0.25) is 0 Å². The second-order valence-corrected chi connectivity index (χ2v) is 5.11. The van der Waals surface area contributed by atoms with Crippen LogP contribution in [0.3, 0.4) is 0 Å². The summed E-state index contributed by atoms with van der Waals surface area (Å²) < 4.78 is 13.0. The Balaban J connectivity index is 1.88. The van der Waals surface area contributed by atoms with Gasteiger partial charge in [0, 0.05) is 18.8 Å². The zero-order chi connectivity index (χ0) is 13.7. The lowest BCUT2D eigenvalue weighted by Crippen LogP contribution is -2.36. The number of benzene rings is 1. The van der Waals surface area contributed by atoms with Crippen molar-refractivity contribution in [2.24, 2.45) is 0 Å². The van der Waals surface area contributed by atoms with Gasteiger partial charge < -0.3 is 10.2 Å². The molecule has 0 saturated carbocycles. The fraction of sp³-hybridized carbons (Fsp3) is 0.533. The summed E-state index contributed by atoms with van der Waals surface area (Å²) in [5, 5.41) is 3.10. The first kappa shape index (κ1) is 13.8. The Kier molecular flexibility index (Phi) is 4.77. The lowest BCUT2D eigenvalue weighted by atomic mass is 10.2. The number of nitrogens with one attached hydrogen (secondary N) is 1. The average Bonchev–Trinajstić information content (AvgIpc) is 2.66. The highest BCUT2D eigenvalue weighted by Gasteiger charge is 2.15. The second-order valence-electron chi connectivity index (χ2n) is 5.11. The normalized spacial score (nSPS) is 16.0. The lowest BCUT2D eigenvalue weighted by Gasteiger charge is -2.21. The van der Waals surface area contributed by atoms with E-state index in [4.69, 9.17) is 0 Å². The van der Waals surface area contributed by atoms with Crippen molar-refractivity contribution >= 4 is 11.6 Å². The molecule has 0 radical (unpaired) electrons. The highest BCUT2D eigenvalue weighted by atomic mass is 19.1. The van der Waals surface area contributed by atoms with Gasteiger partial charge in [-0.1, -0.05) is 12.8 Å². The maximum absolute atomic E-state index is 13.0. The van der Waals surface area contributed by atoms with Crippen molar-refractivity contribution in [3.8, 4) is 0 Å². The molecule has 0 bridgehead atoms. The number of halogens is 1. The molecule has 1 N–H and O–H groups in total. The summed E-state index contributed by atoms with van der Waals surface area (Å²) in [7, 11) is 0. The standard InChI is InChI=1S/C15H21FN2O/c1-12-10-13(16)6-7-14(12)17-11-15(19)18-8-4-2-3-5-9-18/h6-7,10,17H,2-5,8-9,11H2,1H3. The molecule has 0 spiro atoms. The molecule has 1 aromatic carbocycles. The maximum atomic E-state index is 13.0. The molecule has 0 atom stereocenters. The minimum absolute atomic E-state index is 0.130. The monoisotopic (exact) mass is 264 g/mol. The molecule has 104 valence electrons. The molecule has 19 heavy (non-hydrogen) atoms. The Morgan fingerprint density at radius 2 is 1.95 bits per heavy atom. The van der Waals surface area contributed by atoms with Crippen LogP contribution in [-0.2, 0) is 4.79 Å². The van der Waals surface area contributed by atoms with Gasteiger partial charge in [-0.25, -0.2) is 4.39 Å². The molecule has 2 rings (SSSR count). The van der Waals surface area contributed by atoms with E-state index in [1.54, 1.807) is 6.07 Å².